The fourth-order valence-electron chi connectivity index (χ4n) is 3.14. The highest BCUT2D eigenvalue weighted by Gasteiger charge is 2.27. The molecule has 2 aromatic carbocycles. The zero-order valence-electron chi connectivity index (χ0n) is 17.2. The summed E-state index contributed by atoms with van der Waals surface area (Å²) < 4.78 is 32.5. The number of hydrogen-bond acceptors (Lipinski definition) is 4. The Morgan fingerprint density at radius 3 is 2.63 bits per heavy atom. The van der Waals surface area contributed by atoms with E-state index in [4.69, 9.17) is 9.57 Å². The van der Waals surface area contributed by atoms with Crippen molar-refractivity contribution >= 4 is 11.7 Å². The van der Waals surface area contributed by atoms with Crippen LogP contribution in [0.15, 0.2) is 47.6 Å². The number of urea groups is 1. The van der Waals surface area contributed by atoms with Crippen molar-refractivity contribution in [3.63, 3.8) is 0 Å². The van der Waals surface area contributed by atoms with Crippen LogP contribution in [0.25, 0.3) is 0 Å². The van der Waals surface area contributed by atoms with Gasteiger partial charge in [0.15, 0.2) is 6.10 Å². The highest BCUT2D eigenvalue weighted by atomic mass is 19.1. The third-order valence-electron chi connectivity index (χ3n) is 4.66. The van der Waals surface area contributed by atoms with Crippen LogP contribution in [-0.4, -0.2) is 42.4 Å². The van der Waals surface area contributed by atoms with Crippen LogP contribution in [0.2, 0.25) is 0 Å². The maximum atomic E-state index is 14.1. The highest BCUT2D eigenvalue weighted by Crippen LogP contribution is 2.21. The Hall–Kier alpha value is -3.16. The summed E-state index contributed by atoms with van der Waals surface area (Å²) in [5.74, 6) is -0.612. The topological polar surface area (TPSA) is 63.2 Å². The monoisotopic (exact) mass is 417 g/mol. The van der Waals surface area contributed by atoms with Crippen molar-refractivity contribution in [1.82, 2.24) is 10.2 Å². The van der Waals surface area contributed by atoms with Gasteiger partial charge in [-0.05, 0) is 49.7 Å². The Morgan fingerprint density at radius 1 is 1.27 bits per heavy atom. The number of halogens is 2. The second kappa shape index (κ2) is 9.56. The van der Waals surface area contributed by atoms with Gasteiger partial charge in [-0.15, -0.1) is 0 Å². The first-order valence-corrected chi connectivity index (χ1v) is 9.72. The second-order valence-electron chi connectivity index (χ2n) is 7.42. The van der Waals surface area contributed by atoms with Gasteiger partial charge in [-0.25, -0.2) is 13.6 Å². The van der Waals surface area contributed by atoms with E-state index in [0.717, 1.165) is 23.1 Å². The summed E-state index contributed by atoms with van der Waals surface area (Å²) in [4.78, 5) is 19.6. The Bertz CT molecular complexity index is 916. The molecule has 1 aliphatic rings. The van der Waals surface area contributed by atoms with E-state index in [0.29, 0.717) is 6.42 Å². The van der Waals surface area contributed by atoms with Gasteiger partial charge < -0.3 is 19.8 Å². The SMILES string of the molecule is COc1ccc(C2=NOC(CN(Cc3ccc(F)cc3F)C(=O)NC(C)C)C2)cc1. The van der Waals surface area contributed by atoms with Crippen LogP contribution in [-0.2, 0) is 11.4 Å². The smallest absolute Gasteiger partial charge is 0.318 e. The summed E-state index contributed by atoms with van der Waals surface area (Å²) in [5, 5.41) is 6.95. The van der Waals surface area contributed by atoms with E-state index in [9.17, 15) is 13.6 Å². The van der Waals surface area contributed by atoms with Gasteiger partial charge in [-0.3, -0.25) is 0 Å². The lowest BCUT2D eigenvalue weighted by Crippen LogP contribution is -2.45. The van der Waals surface area contributed by atoms with Crippen molar-refractivity contribution in [1.29, 1.82) is 0 Å². The quantitative estimate of drug-likeness (QED) is 0.738. The van der Waals surface area contributed by atoms with Gasteiger partial charge >= 0.3 is 6.03 Å². The molecule has 0 saturated carbocycles. The van der Waals surface area contributed by atoms with E-state index in [1.165, 1.54) is 17.0 Å². The third-order valence-corrected chi connectivity index (χ3v) is 4.66. The van der Waals surface area contributed by atoms with E-state index < -0.39 is 11.6 Å². The van der Waals surface area contributed by atoms with Crippen molar-refractivity contribution in [2.45, 2.75) is 39.0 Å². The molecular formula is C22H25F2N3O3. The summed E-state index contributed by atoms with van der Waals surface area (Å²) in [7, 11) is 1.60. The predicted octanol–water partition coefficient (Wildman–Crippen LogP) is 4.09. The maximum absolute atomic E-state index is 14.1. The zero-order valence-corrected chi connectivity index (χ0v) is 17.2. The first kappa shape index (κ1) is 21.5. The number of methoxy groups -OCH3 is 1. The van der Waals surface area contributed by atoms with Gasteiger partial charge in [0.05, 0.1) is 25.9 Å². The van der Waals surface area contributed by atoms with E-state index >= 15 is 0 Å². The molecule has 160 valence electrons. The molecule has 6 nitrogen and oxygen atoms in total. The summed E-state index contributed by atoms with van der Waals surface area (Å²) in [6, 6.07) is 10.3. The van der Waals surface area contributed by atoms with Gasteiger partial charge in [0.1, 0.15) is 17.4 Å². The lowest BCUT2D eigenvalue weighted by Gasteiger charge is -2.26. The minimum atomic E-state index is -0.695. The van der Waals surface area contributed by atoms with Gasteiger partial charge in [-0.2, -0.15) is 0 Å². The summed E-state index contributed by atoms with van der Waals surface area (Å²) in [6.45, 7) is 3.87. The molecule has 2 amide bonds. The zero-order chi connectivity index (χ0) is 21.7. The molecule has 0 fully saturated rings. The number of benzene rings is 2. The number of carbonyl (C=O) groups is 1. The van der Waals surface area contributed by atoms with Crippen molar-refractivity contribution in [3.8, 4) is 5.75 Å². The number of ether oxygens (including phenoxy) is 1. The standard InChI is InChI=1S/C22H25F2N3O3/c1-14(2)25-22(28)27(12-16-4-7-17(23)10-20(16)24)13-19-11-21(26-30-19)15-5-8-18(29-3)9-6-15/h4-10,14,19H,11-13H2,1-3H3,(H,25,28). The third kappa shape index (κ3) is 5.46. The first-order valence-electron chi connectivity index (χ1n) is 9.72. The van der Waals surface area contributed by atoms with Crippen LogP contribution in [0.1, 0.15) is 31.4 Å². The van der Waals surface area contributed by atoms with Gasteiger partial charge in [0, 0.05) is 24.1 Å². The molecule has 2 aromatic rings. The summed E-state index contributed by atoms with van der Waals surface area (Å²) in [5.41, 5.74) is 1.89. The molecule has 1 heterocycles. The number of nitrogens with one attached hydrogen (secondary N) is 1. The van der Waals surface area contributed by atoms with Crippen LogP contribution in [0.5, 0.6) is 5.75 Å². The number of amides is 2. The Labute approximate surface area is 174 Å². The van der Waals surface area contributed by atoms with Gasteiger partial charge in [0.25, 0.3) is 0 Å². The molecule has 1 N–H and O–H groups in total. The molecule has 30 heavy (non-hydrogen) atoms. The molecule has 0 saturated heterocycles. The van der Waals surface area contributed by atoms with E-state index in [1.807, 2.05) is 38.1 Å². The van der Waals surface area contributed by atoms with E-state index in [2.05, 4.69) is 10.5 Å². The Kier molecular flexibility index (Phi) is 6.87. The Morgan fingerprint density at radius 2 is 2.00 bits per heavy atom. The molecule has 1 atom stereocenters. The van der Waals surface area contributed by atoms with Crippen molar-refractivity contribution in [2.24, 2.45) is 5.16 Å². The number of oxime groups is 1. The molecule has 0 bridgehead atoms. The molecular weight excluding hydrogens is 392 g/mol. The number of carbonyl (C=O) groups excluding carboxylic acids is 1. The molecule has 8 heteroatoms. The predicted molar refractivity (Wildman–Crippen MR) is 109 cm³/mol. The molecule has 1 unspecified atom stereocenters. The molecule has 3 rings (SSSR count). The fourth-order valence-corrected chi connectivity index (χ4v) is 3.14. The lowest BCUT2D eigenvalue weighted by molar-refractivity contribution is 0.0584. The van der Waals surface area contributed by atoms with E-state index in [1.54, 1.807) is 7.11 Å². The Balaban J connectivity index is 1.69. The molecule has 0 aromatic heterocycles. The van der Waals surface area contributed by atoms with Crippen molar-refractivity contribution in [2.75, 3.05) is 13.7 Å². The van der Waals surface area contributed by atoms with Gasteiger partial charge in [-0.1, -0.05) is 11.2 Å². The van der Waals surface area contributed by atoms with Gasteiger partial charge in [0.2, 0.25) is 0 Å². The number of rotatable bonds is 7. The summed E-state index contributed by atoms with van der Waals surface area (Å²) in [6.07, 6.45) is 0.132. The molecule has 0 aliphatic carbocycles. The second-order valence-corrected chi connectivity index (χ2v) is 7.42. The molecule has 0 radical (unpaired) electrons. The fraction of sp³-hybridized carbons (Fsp3) is 0.364. The van der Waals surface area contributed by atoms with Crippen LogP contribution in [0.4, 0.5) is 13.6 Å². The van der Waals surface area contributed by atoms with Crippen LogP contribution < -0.4 is 10.1 Å². The van der Waals surface area contributed by atoms with Crippen LogP contribution >= 0.6 is 0 Å². The van der Waals surface area contributed by atoms with Crippen LogP contribution in [0, 0.1) is 11.6 Å². The average molecular weight is 417 g/mol. The average Bonchev–Trinajstić information content (AvgIpc) is 3.17. The number of nitrogens with zero attached hydrogens (tertiary/aromatic N) is 2. The highest BCUT2D eigenvalue weighted by molar-refractivity contribution is 6.01. The van der Waals surface area contributed by atoms with Crippen LogP contribution in [0.3, 0.4) is 0 Å². The molecule has 0 spiro atoms. The summed E-state index contributed by atoms with van der Waals surface area (Å²) >= 11 is 0. The van der Waals surface area contributed by atoms with E-state index in [-0.39, 0.29) is 36.8 Å². The molecule has 1 aliphatic heterocycles. The van der Waals surface area contributed by atoms with Crippen molar-refractivity contribution < 1.29 is 23.1 Å². The van der Waals surface area contributed by atoms with Crippen molar-refractivity contribution in [3.05, 3.63) is 65.2 Å². The normalized spacial score (nSPS) is 15.5. The lowest BCUT2D eigenvalue weighted by atomic mass is 10.0. The largest absolute Gasteiger partial charge is 0.497 e. The minimum Gasteiger partial charge on any atom is -0.497 e. The first-order chi connectivity index (χ1) is 14.4. The maximum Gasteiger partial charge on any atom is 0.318 e. The number of hydrogen-bond donors (Lipinski definition) is 1. The minimum absolute atomic E-state index is 0.0115.